The van der Waals surface area contributed by atoms with E-state index in [0.717, 1.165) is 12.5 Å². The molecule has 1 aliphatic heterocycles. The van der Waals surface area contributed by atoms with Crippen LogP contribution >= 0.6 is 0 Å². The molecule has 7 nitrogen and oxygen atoms in total. The Kier molecular flexibility index (Phi) is 8.24. The molecule has 1 aromatic heterocycles. The summed E-state index contributed by atoms with van der Waals surface area (Å²) in [7, 11) is 0. The normalized spacial score (nSPS) is 19.7. The summed E-state index contributed by atoms with van der Waals surface area (Å²) in [5.74, 6) is -0.858. The van der Waals surface area contributed by atoms with E-state index in [9.17, 15) is 22.8 Å². The lowest BCUT2D eigenvalue weighted by molar-refractivity contribution is -0.139. The van der Waals surface area contributed by atoms with Crippen LogP contribution in [0.1, 0.15) is 59.9 Å². The van der Waals surface area contributed by atoms with Crippen LogP contribution in [0, 0.1) is 11.3 Å². The topological polar surface area (TPSA) is 80.8 Å². The fourth-order valence-corrected chi connectivity index (χ4v) is 3.53. The van der Waals surface area contributed by atoms with Crippen molar-refractivity contribution in [3.63, 3.8) is 0 Å². The predicted octanol–water partition coefficient (Wildman–Crippen LogP) is 4.66. The third kappa shape index (κ3) is 7.50. The molecule has 2 rings (SSSR count). The molecule has 1 N–H and O–H groups in total. The zero-order valence-corrected chi connectivity index (χ0v) is 20.1. The Morgan fingerprint density at radius 2 is 1.88 bits per heavy atom. The lowest BCUT2D eigenvalue weighted by Crippen LogP contribution is -2.55. The maximum atomic E-state index is 13.2. The number of amides is 2. The quantitative estimate of drug-likeness (QED) is 0.650. The molecule has 2 heterocycles. The van der Waals surface area contributed by atoms with Gasteiger partial charge < -0.3 is 19.7 Å². The molecule has 2 atom stereocenters. The smallest absolute Gasteiger partial charge is 0.421 e. The highest BCUT2D eigenvalue weighted by atomic mass is 19.4. The number of hydrogen-bond acceptors (Lipinski definition) is 5. The number of halogens is 3. The minimum Gasteiger partial charge on any atom is -0.476 e. The van der Waals surface area contributed by atoms with Crippen LogP contribution in [0.4, 0.5) is 18.0 Å². The van der Waals surface area contributed by atoms with Crippen LogP contribution in [0.5, 0.6) is 5.88 Å². The highest BCUT2D eigenvalue weighted by Crippen LogP contribution is 2.35. The van der Waals surface area contributed by atoms with Gasteiger partial charge in [-0.05, 0) is 65.5 Å². The average Bonchev–Trinajstić information content (AvgIpc) is 2.70. The van der Waals surface area contributed by atoms with Gasteiger partial charge in [-0.1, -0.05) is 6.92 Å². The number of alkyl halides is 3. The first-order valence-corrected chi connectivity index (χ1v) is 11.1. The lowest BCUT2D eigenvalue weighted by Gasteiger charge is -2.40. The number of pyridine rings is 1. The van der Waals surface area contributed by atoms with E-state index in [1.165, 1.54) is 12.3 Å². The second kappa shape index (κ2) is 10.2. The lowest BCUT2D eigenvalue weighted by atomic mass is 9.87. The molecule has 0 aromatic carbocycles. The SMILES string of the molecule is CC[C@@H]1CN(C(=O)OC(C)(C)C)CC[C@H]1NC(=O)C(C)(C)COc1ncccc1C(F)(F)F. The largest absolute Gasteiger partial charge is 0.476 e. The number of nitrogens with one attached hydrogen (secondary N) is 1. The number of rotatable bonds is 6. The molecular formula is C23H34F3N3O4. The molecule has 1 saturated heterocycles. The fraction of sp³-hybridized carbons (Fsp3) is 0.696. The van der Waals surface area contributed by atoms with E-state index < -0.39 is 28.6 Å². The number of likely N-dealkylation sites (tertiary alicyclic amines) is 1. The van der Waals surface area contributed by atoms with Crippen LogP contribution in [0.15, 0.2) is 18.3 Å². The second-order valence-corrected chi connectivity index (χ2v) is 9.99. The van der Waals surface area contributed by atoms with E-state index in [-0.39, 0.29) is 30.6 Å². The van der Waals surface area contributed by atoms with Crippen molar-refractivity contribution in [1.82, 2.24) is 15.2 Å². The molecule has 0 bridgehead atoms. The molecule has 0 spiro atoms. The summed E-state index contributed by atoms with van der Waals surface area (Å²) in [4.78, 5) is 30.7. The number of nitrogens with zero attached hydrogens (tertiary/aromatic N) is 2. The van der Waals surface area contributed by atoms with Gasteiger partial charge in [-0.15, -0.1) is 0 Å². The van der Waals surface area contributed by atoms with Crippen molar-refractivity contribution in [3.8, 4) is 5.88 Å². The maximum absolute atomic E-state index is 13.2. The summed E-state index contributed by atoms with van der Waals surface area (Å²) in [6, 6.07) is 1.91. The number of aromatic nitrogens is 1. The van der Waals surface area contributed by atoms with Gasteiger partial charge in [0.25, 0.3) is 0 Å². The minimum absolute atomic E-state index is 0.0274. The number of piperidine rings is 1. The van der Waals surface area contributed by atoms with Crippen molar-refractivity contribution < 1.29 is 32.2 Å². The maximum Gasteiger partial charge on any atom is 0.421 e. The summed E-state index contributed by atoms with van der Waals surface area (Å²) in [5.41, 5.74) is -2.67. The Balaban J connectivity index is 1.99. The second-order valence-electron chi connectivity index (χ2n) is 9.99. The number of hydrogen-bond donors (Lipinski definition) is 1. The van der Waals surface area contributed by atoms with Gasteiger partial charge in [0, 0.05) is 25.3 Å². The van der Waals surface area contributed by atoms with Crippen LogP contribution in [-0.4, -0.2) is 53.2 Å². The van der Waals surface area contributed by atoms with Crippen LogP contribution in [0.25, 0.3) is 0 Å². The number of ether oxygens (including phenoxy) is 2. The zero-order chi connectivity index (χ0) is 25.0. The van der Waals surface area contributed by atoms with Crippen molar-refractivity contribution in [2.75, 3.05) is 19.7 Å². The summed E-state index contributed by atoms with van der Waals surface area (Å²) in [5, 5.41) is 3.01. The van der Waals surface area contributed by atoms with Crippen molar-refractivity contribution >= 4 is 12.0 Å². The van der Waals surface area contributed by atoms with E-state index in [2.05, 4.69) is 10.3 Å². The van der Waals surface area contributed by atoms with Crippen LogP contribution in [0.3, 0.4) is 0 Å². The molecule has 0 unspecified atom stereocenters. The van der Waals surface area contributed by atoms with Crippen LogP contribution in [0.2, 0.25) is 0 Å². The van der Waals surface area contributed by atoms with Crippen molar-refractivity contribution in [2.45, 2.75) is 72.2 Å². The summed E-state index contributed by atoms with van der Waals surface area (Å²) < 4.78 is 50.3. The van der Waals surface area contributed by atoms with Gasteiger partial charge in [0.05, 0.1) is 5.41 Å². The Morgan fingerprint density at radius 1 is 1.21 bits per heavy atom. The Labute approximate surface area is 193 Å². The summed E-state index contributed by atoms with van der Waals surface area (Å²) in [6.45, 7) is 11.2. The molecule has 33 heavy (non-hydrogen) atoms. The Bertz CT molecular complexity index is 837. The highest BCUT2D eigenvalue weighted by molar-refractivity contribution is 5.82. The van der Waals surface area contributed by atoms with Crippen LogP contribution in [-0.2, 0) is 15.7 Å². The van der Waals surface area contributed by atoms with E-state index in [1.54, 1.807) is 18.7 Å². The summed E-state index contributed by atoms with van der Waals surface area (Å²) >= 11 is 0. The van der Waals surface area contributed by atoms with E-state index in [4.69, 9.17) is 9.47 Å². The van der Waals surface area contributed by atoms with Gasteiger partial charge in [0.1, 0.15) is 17.8 Å². The minimum atomic E-state index is -4.60. The number of carbonyl (C=O) groups excluding carboxylic acids is 2. The molecular weight excluding hydrogens is 439 g/mol. The average molecular weight is 474 g/mol. The fourth-order valence-electron chi connectivity index (χ4n) is 3.53. The molecule has 186 valence electrons. The third-order valence-corrected chi connectivity index (χ3v) is 5.49. The predicted molar refractivity (Wildman–Crippen MR) is 117 cm³/mol. The van der Waals surface area contributed by atoms with Gasteiger partial charge in [-0.25, -0.2) is 9.78 Å². The van der Waals surface area contributed by atoms with E-state index in [0.29, 0.717) is 19.5 Å². The molecule has 0 radical (unpaired) electrons. The van der Waals surface area contributed by atoms with E-state index in [1.807, 2.05) is 27.7 Å². The molecule has 1 aliphatic rings. The monoisotopic (exact) mass is 473 g/mol. The first-order valence-electron chi connectivity index (χ1n) is 11.1. The molecule has 0 aliphatic carbocycles. The van der Waals surface area contributed by atoms with Gasteiger partial charge in [-0.3, -0.25) is 4.79 Å². The molecule has 10 heteroatoms. The van der Waals surface area contributed by atoms with Gasteiger partial charge in [0.15, 0.2) is 0 Å². The number of carbonyl (C=O) groups is 2. The summed E-state index contributed by atoms with van der Waals surface area (Å²) in [6.07, 6.45) is -2.48. The van der Waals surface area contributed by atoms with Crippen LogP contribution < -0.4 is 10.1 Å². The molecule has 1 fully saturated rings. The Morgan fingerprint density at radius 3 is 2.45 bits per heavy atom. The van der Waals surface area contributed by atoms with Gasteiger partial charge >= 0.3 is 12.3 Å². The molecule has 2 amide bonds. The first kappa shape index (κ1) is 26.7. The zero-order valence-electron chi connectivity index (χ0n) is 20.1. The molecule has 1 aromatic rings. The third-order valence-electron chi connectivity index (χ3n) is 5.49. The first-order chi connectivity index (χ1) is 15.1. The van der Waals surface area contributed by atoms with Gasteiger partial charge in [0.2, 0.25) is 11.8 Å². The van der Waals surface area contributed by atoms with Crippen molar-refractivity contribution in [1.29, 1.82) is 0 Å². The highest BCUT2D eigenvalue weighted by Gasteiger charge is 2.38. The van der Waals surface area contributed by atoms with Crippen molar-refractivity contribution in [2.24, 2.45) is 11.3 Å². The van der Waals surface area contributed by atoms with Crippen molar-refractivity contribution in [3.05, 3.63) is 23.9 Å². The van der Waals surface area contributed by atoms with Gasteiger partial charge in [-0.2, -0.15) is 13.2 Å². The Hall–Kier alpha value is -2.52. The molecule has 0 saturated carbocycles. The standard InChI is InChI=1S/C23H34F3N3O4/c1-7-15-13-29(20(31)33-21(2,3)4)12-10-17(15)28-19(30)22(5,6)14-32-18-16(23(24,25)26)9-8-11-27-18/h8-9,11,15,17H,7,10,12-14H2,1-6H3,(H,28,30)/t15-,17-/m1/s1. The van der Waals surface area contributed by atoms with E-state index >= 15 is 0 Å².